The minimum absolute atomic E-state index is 0.185. The van der Waals surface area contributed by atoms with Gasteiger partial charge in [0.1, 0.15) is 0 Å². The van der Waals surface area contributed by atoms with Crippen LogP contribution in [0.3, 0.4) is 0 Å². The van der Waals surface area contributed by atoms with Crippen molar-refractivity contribution >= 4 is 10.0 Å². The first-order chi connectivity index (χ1) is 14.2. The van der Waals surface area contributed by atoms with Crippen molar-refractivity contribution in [2.45, 2.75) is 37.7 Å². The molecule has 0 unspecified atom stereocenters. The predicted octanol–water partition coefficient (Wildman–Crippen LogP) is 2.21. The largest absolute Gasteiger partial charge is 0.393 e. The van der Waals surface area contributed by atoms with E-state index in [-0.39, 0.29) is 16.9 Å². The van der Waals surface area contributed by atoms with E-state index >= 15 is 0 Å². The SMILES string of the molecule is Cc1ccc(S(=O)(=O)NCC2CC(O)C2)cc1-c1cncc(-c2cn(C)nc2C)n1. The first-order valence-corrected chi connectivity index (χ1v) is 11.3. The van der Waals surface area contributed by atoms with Gasteiger partial charge in [-0.25, -0.2) is 18.1 Å². The summed E-state index contributed by atoms with van der Waals surface area (Å²) in [5, 5.41) is 13.7. The number of nitrogens with zero attached hydrogens (tertiary/aromatic N) is 4. The molecular weight excluding hydrogens is 402 g/mol. The Morgan fingerprint density at radius 2 is 1.87 bits per heavy atom. The topological polar surface area (TPSA) is 110 Å². The van der Waals surface area contributed by atoms with E-state index in [9.17, 15) is 13.5 Å². The zero-order chi connectivity index (χ0) is 21.5. The Hall–Kier alpha value is -2.62. The summed E-state index contributed by atoms with van der Waals surface area (Å²) in [6.45, 7) is 4.16. The third kappa shape index (κ3) is 4.14. The van der Waals surface area contributed by atoms with E-state index in [4.69, 9.17) is 4.98 Å². The van der Waals surface area contributed by atoms with Crippen LogP contribution in [0.2, 0.25) is 0 Å². The second-order valence-corrected chi connectivity index (χ2v) is 9.68. The maximum Gasteiger partial charge on any atom is 0.240 e. The van der Waals surface area contributed by atoms with Gasteiger partial charge >= 0.3 is 0 Å². The van der Waals surface area contributed by atoms with Gasteiger partial charge in [-0.1, -0.05) is 6.07 Å². The van der Waals surface area contributed by atoms with Gasteiger partial charge in [0.2, 0.25) is 10.0 Å². The number of rotatable bonds is 6. The highest BCUT2D eigenvalue weighted by molar-refractivity contribution is 7.89. The van der Waals surface area contributed by atoms with Gasteiger partial charge in [-0.15, -0.1) is 0 Å². The van der Waals surface area contributed by atoms with Gasteiger partial charge in [-0.2, -0.15) is 5.10 Å². The summed E-state index contributed by atoms with van der Waals surface area (Å²) in [4.78, 5) is 9.22. The first-order valence-electron chi connectivity index (χ1n) is 9.84. The number of aromatic nitrogens is 4. The van der Waals surface area contributed by atoms with Crippen LogP contribution in [0.25, 0.3) is 22.5 Å². The maximum absolute atomic E-state index is 12.8. The Kier molecular flexibility index (Phi) is 5.44. The van der Waals surface area contributed by atoms with Crippen LogP contribution in [-0.2, 0) is 17.1 Å². The molecule has 0 saturated heterocycles. The molecule has 0 aliphatic heterocycles. The van der Waals surface area contributed by atoms with Gasteiger partial charge in [0.05, 0.1) is 40.5 Å². The zero-order valence-electron chi connectivity index (χ0n) is 17.2. The molecule has 2 N–H and O–H groups in total. The zero-order valence-corrected chi connectivity index (χ0v) is 18.0. The summed E-state index contributed by atoms with van der Waals surface area (Å²) < 4.78 is 29.9. The van der Waals surface area contributed by atoms with Gasteiger partial charge in [0.15, 0.2) is 0 Å². The molecule has 0 radical (unpaired) electrons. The summed E-state index contributed by atoms with van der Waals surface area (Å²) in [6, 6.07) is 5.01. The summed E-state index contributed by atoms with van der Waals surface area (Å²) in [5.41, 5.74) is 4.65. The smallest absolute Gasteiger partial charge is 0.240 e. The van der Waals surface area contributed by atoms with E-state index < -0.39 is 10.0 Å². The summed E-state index contributed by atoms with van der Waals surface area (Å²) in [6.07, 6.45) is 6.17. The third-order valence-electron chi connectivity index (χ3n) is 5.49. The maximum atomic E-state index is 12.8. The monoisotopic (exact) mass is 427 g/mol. The van der Waals surface area contributed by atoms with Crippen molar-refractivity contribution in [3.63, 3.8) is 0 Å². The molecule has 4 rings (SSSR count). The molecule has 2 aromatic heterocycles. The molecule has 1 aromatic carbocycles. The van der Waals surface area contributed by atoms with Crippen LogP contribution in [0.4, 0.5) is 0 Å². The van der Waals surface area contributed by atoms with Crippen LogP contribution in [0, 0.1) is 19.8 Å². The second-order valence-electron chi connectivity index (χ2n) is 7.91. The number of nitrogens with one attached hydrogen (secondary N) is 1. The number of aryl methyl sites for hydroxylation is 3. The van der Waals surface area contributed by atoms with Crippen molar-refractivity contribution in [3.05, 3.63) is 48.0 Å². The molecule has 158 valence electrons. The molecule has 8 nitrogen and oxygen atoms in total. The quantitative estimate of drug-likeness (QED) is 0.624. The standard InChI is InChI=1S/C21H25N5O3S/c1-13-4-5-17(30(28,29)23-9-15-6-16(27)7-15)8-18(13)20-10-22-11-21(24-20)19-12-26(3)25-14(19)2/h4-5,8,10-12,15-16,23,27H,6-7,9H2,1-3H3. The highest BCUT2D eigenvalue weighted by Gasteiger charge is 2.28. The van der Waals surface area contributed by atoms with Crippen LogP contribution in [0.5, 0.6) is 0 Å². The molecule has 1 saturated carbocycles. The molecule has 0 atom stereocenters. The Balaban J connectivity index is 1.64. The van der Waals surface area contributed by atoms with Gasteiger partial charge in [0.25, 0.3) is 0 Å². The Morgan fingerprint density at radius 3 is 2.50 bits per heavy atom. The number of sulfonamides is 1. The molecule has 1 aliphatic rings. The van der Waals surface area contributed by atoms with Crippen molar-refractivity contribution in [3.8, 4) is 22.5 Å². The lowest BCUT2D eigenvalue weighted by Gasteiger charge is -2.31. The molecule has 0 spiro atoms. The van der Waals surface area contributed by atoms with E-state index in [2.05, 4.69) is 14.8 Å². The predicted molar refractivity (Wildman–Crippen MR) is 113 cm³/mol. The summed E-state index contributed by atoms with van der Waals surface area (Å²) in [5.74, 6) is 0.185. The van der Waals surface area contributed by atoms with Crippen molar-refractivity contribution < 1.29 is 13.5 Å². The highest BCUT2D eigenvalue weighted by atomic mass is 32.2. The lowest BCUT2D eigenvalue weighted by atomic mass is 9.83. The molecule has 1 fully saturated rings. The molecule has 30 heavy (non-hydrogen) atoms. The molecular formula is C21H25N5O3S. The summed E-state index contributed by atoms with van der Waals surface area (Å²) in [7, 11) is -1.80. The normalized spacial score (nSPS) is 18.9. The fourth-order valence-corrected chi connectivity index (χ4v) is 4.84. The Bertz CT molecular complexity index is 1180. The van der Waals surface area contributed by atoms with E-state index in [0.717, 1.165) is 16.8 Å². The van der Waals surface area contributed by atoms with Crippen molar-refractivity contribution in [1.82, 2.24) is 24.5 Å². The number of benzene rings is 1. The number of hydrogen-bond donors (Lipinski definition) is 2. The minimum Gasteiger partial charge on any atom is -0.393 e. The highest BCUT2D eigenvalue weighted by Crippen LogP contribution is 2.29. The van der Waals surface area contributed by atoms with Crippen LogP contribution >= 0.6 is 0 Å². The van der Waals surface area contributed by atoms with Crippen molar-refractivity contribution in [1.29, 1.82) is 0 Å². The molecule has 9 heteroatoms. The first kappa shape index (κ1) is 20.6. The van der Waals surface area contributed by atoms with Gasteiger partial charge < -0.3 is 5.11 Å². The number of hydrogen-bond acceptors (Lipinski definition) is 6. The fourth-order valence-electron chi connectivity index (χ4n) is 3.70. The number of aliphatic hydroxyl groups excluding tert-OH is 1. The van der Waals surface area contributed by atoms with Crippen molar-refractivity contribution in [2.75, 3.05) is 6.54 Å². The molecule has 3 aromatic rings. The molecule has 1 aliphatic carbocycles. The average molecular weight is 428 g/mol. The van der Waals surface area contributed by atoms with E-state index in [0.29, 0.717) is 36.3 Å². The van der Waals surface area contributed by atoms with Crippen LogP contribution < -0.4 is 4.72 Å². The Labute approximate surface area is 176 Å². The fraction of sp³-hybridized carbons (Fsp3) is 0.381. The second kappa shape index (κ2) is 7.90. The van der Waals surface area contributed by atoms with Crippen LogP contribution in [0.15, 0.2) is 41.7 Å². The van der Waals surface area contributed by atoms with Gasteiger partial charge in [0, 0.05) is 30.9 Å². The molecule has 0 amide bonds. The number of aliphatic hydroxyl groups is 1. The van der Waals surface area contributed by atoms with E-state index in [1.165, 1.54) is 0 Å². The van der Waals surface area contributed by atoms with Crippen molar-refractivity contribution in [2.24, 2.45) is 13.0 Å². The third-order valence-corrected chi connectivity index (χ3v) is 6.91. The lowest BCUT2D eigenvalue weighted by Crippen LogP contribution is -2.38. The van der Waals surface area contributed by atoms with Crippen LogP contribution in [0.1, 0.15) is 24.1 Å². The van der Waals surface area contributed by atoms with Gasteiger partial charge in [-0.3, -0.25) is 9.67 Å². The minimum atomic E-state index is -3.66. The lowest BCUT2D eigenvalue weighted by molar-refractivity contribution is 0.0453. The summed E-state index contributed by atoms with van der Waals surface area (Å²) >= 11 is 0. The van der Waals surface area contributed by atoms with E-state index in [1.54, 1.807) is 35.3 Å². The average Bonchev–Trinajstić information content (AvgIpc) is 3.03. The Morgan fingerprint density at radius 1 is 1.17 bits per heavy atom. The molecule has 0 bridgehead atoms. The van der Waals surface area contributed by atoms with E-state index in [1.807, 2.05) is 27.1 Å². The van der Waals surface area contributed by atoms with Crippen LogP contribution in [-0.4, -0.2) is 45.9 Å². The molecule has 2 heterocycles. The van der Waals surface area contributed by atoms with Gasteiger partial charge in [-0.05, 0) is 50.3 Å².